The Labute approximate surface area is 642 Å². The molecule has 0 amide bonds. The molecule has 0 N–H and O–H groups in total. The van der Waals surface area contributed by atoms with Crippen molar-refractivity contribution in [2.45, 2.75) is 276 Å². The molecule has 1 aliphatic carbocycles. The van der Waals surface area contributed by atoms with E-state index in [1.807, 2.05) is 72.8 Å². The lowest BCUT2D eigenvalue weighted by atomic mass is 9.90. The van der Waals surface area contributed by atoms with Gasteiger partial charge in [0.15, 0.2) is 0 Å². The molecule has 0 aromatic heterocycles. The van der Waals surface area contributed by atoms with Crippen LogP contribution in [0.15, 0.2) is 72.8 Å². The van der Waals surface area contributed by atoms with Gasteiger partial charge in [0.2, 0.25) is 0 Å². The number of rotatable bonds is 42. The third-order valence-electron chi connectivity index (χ3n) is 18.6. The second-order valence-corrected chi connectivity index (χ2v) is 28.5. The van der Waals surface area contributed by atoms with Crippen molar-refractivity contribution in [3.05, 3.63) is 140 Å². The Morgan fingerprint density at radius 1 is 0.204 bits per heavy atom. The second kappa shape index (κ2) is 46.3. The van der Waals surface area contributed by atoms with Crippen LogP contribution >= 0.6 is 0 Å². The van der Waals surface area contributed by atoms with Gasteiger partial charge in [0.05, 0.1) is 39.6 Å². The highest BCUT2D eigenvalue weighted by molar-refractivity contribution is 5.74. The van der Waals surface area contributed by atoms with Gasteiger partial charge in [0.1, 0.15) is 69.0 Å². The predicted molar refractivity (Wildman–Crippen MR) is 421 cm³/mol. The number of hydrogen-bond acceptors (Lipinski definition) is 18. The summed E-state index contributed by atoms with van der Waals surface area (Å²) in [5.41, 5.74) is 7.48. The molecule has 0 saturated heterocycles. The summed E-state index contributed by atoms with van der Waals surface area (Å²) in [6.45, 7) is 23.1. The molecule has 12 bridgehead atoms. The standard InChI is InChI=1S/C90H120O18/c1-13-19-25-31-37-97-85-67-43-69-51-80(104-62(8)92)53-71(86(69)98-38-32-26-20-14-2)45-73-55-82(106-64(10)94)57-75(88(73)100-40-34-28-22-16-4)47-77-59-84(108-66(12)96)60-78(90(77)102-42-36-30-24-18-6)48-76-58-83(107-65(11)95)56-74(89(76)101-41-35-29-23-17-5)46-72-54-81(105-63(9)93)52-70(87(72)99-39-33-27-21-15-3)44-68(85)50-79(49-67)103-61(7)91/h49-60H,13-48H2,1-12H3. The van der Waals surface area contributed by atoms with Crippen LogP contribution < -0.4 is 56.8 Å². The van der Waals surface area contributed by atoms with Crippen LogP contribution in [0.2, 0.25) is 0 Å². The molecule has 0 heterocycles. The zero-order valence-electron chi connectivity index (χ0n) is 66.7. The maximum Gasteiger partial charge on any atom is 0.308 e. The number of benzene rings is 6. The molecule has 0 spiro atoms. The molecule has 1 aliphatic rings. The summed E-state index contributed by atoms with van der Waals surface area (Å²) in [5.74, 6) is 1.22. The Hall–Kier alpha value is -9.06. The van der Waals surface area contributed by atoms with E-state index in [-0.39, 0.29) is 73.0 Å². The van der Waals surface area contributed by atoms with E-state index >= 15 is 0 Å². The molecule has 0 atom stereocenters. The minimum absolute atomic E-state index is 0.0995. The van der Waals surface area contributed by atoms with Gasteiger partial charge >= 0.3 is 35.8 Å². The Kier molecular flexibility index (Phi) is 37.0. The van der Waals surface area contributed by atoms with Gasteiger partial charge in [-0.15, -0.1) is 0 Å². The lowest BCUT2D eigenvalue weighted by Crippen LogP contribution is -2.13. The first kappa shape index (κ1) is 86.2. The van der Waals surface area contributed by atoms with Crippen LogP contribution in [0.3, 0.4) is 0 Å². The van der Waals surface area contributed by atoms with Crippen molar-refractivity contribution < 1.29 is 85.6 Å². The average Bonchev–Trinajstić information content (AvgIpc) is 0.779. The lowest BCUT2D eigenvalue weighted by molar-refractivity contribution is -0.132. The monoisotopic (exact) mass is 1490 g/mol. The third-order valence-corrected chi connectivity index (χ3v) is 18.6. The van der Waals surface area contributed by atoms with Crippen molar-refractivity contribution in [3.8, 4) is 69.0 Å². The van der Waals surface area contributed by atoms with E-state index in [2.05, 4.69) is 41.5 Å². The Balaban J connectivity index is 1.72. The molecule has 588 valence electrons. The molecule has 0 fully saturated rings. The molecule has 0 saturated carbocycles. The highest BCUT2D eigenvalue weighted by Gasteiger charge is 2.29. The fraction of sp³-hybridized carbons (Fsp3) is 0.533. The largest absolute Gasteiger partial charge is 0.493 e. The molecular formula is C90H120O18. The van der Waals surface area contributed by atoms with Crippen LogP contribution in [0.1, 0.15) is 304 Å². The average molecular weight is 1490 g/mol. The molecule has 0 unspecified atom stereocenters. The van der Waals surface area contributed by atoms with E-state index in [9.17, 15) is 28.8 Å². The SMILES string of the molecule is CCCCCCOc1c2cc(OC(C)=O)cc1Cc1cc(OC(C)=O)cc(c1OCCCCCC)Cc1cc(OC(C)=O)cc(c1OCCCCCC)Cc1cc(OC(C)=O)cc(c1OCCCCCC)Cc1cc(OC(C)=O)cc(c1OCCCCCC)Cc1cc(OC(C)=O)cc(c1OCCCCCC)C2. The van der Waals surface area contributed by atoms with Crippen LogP contribution in [0, 0.1) is 0 Å². The fourth-order valence-electron chi connectivity index (χ4n) is 13.8. The van der Waals surface area contributed by atoms with Crippen LogP contribution in [0.4, 0.5) is 0 Å². The van der Waals surface area contributed by atoms with Crippen molar-refractivity contribution in [1.82, 2.24) is 0 Å². The summed E-state index contributed by atoms with van der Waals surface area (Å²) in [4.78, 5) is 80.4. The quantitative estimate of drug-likeness (QED) is 0.0198. The molecule has 0 aliphatic heterocycles. The molecule has 7 rings (SSSR count). The first-order chi connectivity index (χ1) is 52.2. The number of fused-ring (bicyclic) bond motifs is 12. The maximum atomic E-state index is 13.4. The van der Waals surface area contributed by atoms with E-state index < -0.39 is 35.8 Å². The number of unbranched alkanes of at least 4 members (excludes halogenated alkanes) is 18. The second-order valence-electron chi connectivity index (χ2n) is 28.5. The summed E-state index contributed by atoms with van der Waals surface area (Å²) in [7, 11) is 0. The predicted octanol–water partition coefficient (Wildman–Crippen LogP) is 20.9. The zero-order chi connectivity index (χ0) is 77.7. The van der Waals surface area contributed by atoms with E-state index in [0.29, 0.717) is 141 Å². The molecular weight excluding hydrogens is 1370 g/mol. The molecule has 18 nitrogen and oxygen atoms in total. The van der Waals surface area contributed by atoms with Crippen molar-refractivity contribution >= 4 is 35.8 Å². The van der Waals surface area contributed by atoms with Gasteiger partial charge < -0.3 is 56.8 Å². The molecule has 18 heteroatoms. The van der Waals surface area contributed by atoms with Crippen molar-refractivity contribution in [2.75, 3.05) is 39.6 Å². The van der Waals surface area contributed by atoms with Gasteiger partial charge in [-0.3, -0.25) is 28.8 Å². The van der Waals surface area contributed by atoms with Crippen LogP contribution in [-0.2, 0) is 67.3 Å². The van der Waals surface area contributed by atoms with E-state index in [1.54, 1.807) is 0 Å². The van der Waals surface area contributed by atoms with Crippen molar-refractivity contribution in [3.63, 3.8) is 0 Å². The van der Waals surface area contributed by atoms with Crippen LogP contribution in [-0.4, -0.2) is 75.5 Å². The smallest absolute Gasteiger partial charge is 0.308 e. The Morgan fingerprint density at radius 2 is 0.324 bits per heavy atom. The first-order valence-corrected chi connectivity index (χ1v) is 40.0. The number of esters is 6. The molecule has 6 aromatic rings. The van der Waals surface area contributed by atoms with Gasteiger partial charge in [-0.1, -0.05) is 157 Å². The highest BCUT2D eigenvalue weighted by atomic mass is 16.6. The minimum atomic E-state index is -0.550. The first-order valence-electron chi connectivity index (χ1n) is 40.0. The van der Waals surface area contributed by atoms with E-state index in [0.717, 1.165) is 154 Å². The summed E-state index contributed by atoms with van der Waals surface area (Å²) < 4.78 is 79.7. The summed E-state index contributed by atoms with van der Waals surface area (Å²) >= 11 is 0. The molecule has 108 heavy (non-hydrogen) atoms. The van der Waals surface area contributed by atoms with Gasteiger partial charge in [-0.05, 0) is 111 Å². The number of carbonyl (C=O) groups is 6. The normalized spacial score (nSPS) is 11.9. The lowest BCUT2D eigenvalue weighted by Gasteiger charge is -2.24. The Bertz CT molecular complexity index is 3130. The highest BCUT2D eigenvalue weighted by Crippen LogP contribution is 2.46. The number of hydrogen-bond donors (Lipinski definition) is 0. The fourth-order valence-corrected chi connectivity index (χ4v) is 13.8. The third kappa shape index (κ3) is 28.5. The Morgan fingerprint density at radius 3 is 0.426 bits per heavy atom. The van der Waals surface area contributed by atoms with Crippen LogP contribution in [0.5, 0.6) is 69.0 Å². The zero-order valence-corrected chi connectivity index (χ0v) is 66.7. The van der Waals surface area contributed by atoms with E-state index in [1.165, 1.54) is 41.5 Å². The van der Waals surface area contributed by atoms with Crippen molar-refractivity contribution in [1.29, 1.82) is 0 Å². The number of carbonyl (C=O) groups excluding carboxylic acids is 6. The summed E-state index contributed by atoms with van der Waals surface area (Å²) in [5, 5.41) is 0. The number of ether oxygens (including phenoxy) is 12. The summed E-state index contributed by atoms with van der Waals surface area (Å²) in [6, 6.07) is 21.8. The topological polar surface area (TPSA) is 213 Å². The molecule has 0 radical (unpaired) electrons. The van der Waals surface area contributed by atoms with Gasteiger partial charge in [0, 0.05) is 147 Å². The maximum absolute atomic E-state index is 13.4. The van der Waals surface area contributed by atoms with Gasteiger partial charge in [-0.2, -0.15) is 0 Å². The molecule has 6 aromatic carbocycles. The van der Waals surface area contributed by atoms with Gasteiger partial charge in [-0.25, -0.2) is 0 Å². The minimum Gasteiger partial charge on any atom is -0.493 e. The van der Waals surface area contributed by atoms with E-state index in [4.69, 9.17) is 56.8 Å². The van der Waals surface area contributed by atoms with Crippen molar-refractivity contribution in [2.24, 2.45) is 0 Å². The van der Waals surface area contributed by atoms with Crippen LogP contribution in [0.25, 0.3) is 0 Å². The van der Waals surface area contributed by atoms with Gasteiger partial charge in [0.25, 0.3) is 0 Å². The summed E-state index contributed by atoms with van der Waals surface area (Å²) in [6.07, 6.45) is 22.4.